The first kappa shape index (κ1) is 14.7. The van der Waals surface area contributed by atoms with Crippen LogP contribution in [0.15, 0.2) is 58.2 Å². The third kappa shape index (κ3) is 3.15. The summed E-state index contributed by atoms with van der Waals surface area (Å²) in [7, 11) is -3.57. The minimum Gasteiger partial charge on any atom is -0.338 e. The van der Waals surface area contributed by atoms with E-state index in [0.717, 1.165) is 0 Å². The summed E-state index contributed by atoms with van der Waals surface area (Å²) in [6.45, 7) is 0. The Balaban J connectivity index is 1.84. The lowest BCUT2D eigenvalue weighted by Gasteiger charge is -2.01. The highest BCUT2D eigenvalue weighted by atomic mass is 35.5. The number of hydrogen-bond acceptors (Lipinski definition) is 6. The zero-order chi connectivity index (χ0) is 15.6. The minimum absolute atomic E-state index is 0.0220. The zero-order valence-corrected chi connectivity index (χ0v) is 12.8. The van der Waals surface area contributed by atoms with E-state index < -0.39 is 9.84 Å². The number of aromatic nitrogens is 3. The number of sulfone groups is 1. The van der Waals surface area contributed by atoms with Crippen LogP contribution in [0.4, 0.5) is 0 Å². The summed E-state index contributed by atoms with van der Waals surface area (Å²) in [5.74, 6) is -0.0507. The van der Waals surface area contributed by atoms with Gasteiger partial charge in [-0.1, -0.05) is 16.8 Å². The summed E-state index contributed by atoms with van der Waals surface area (Å²) >= 11 is 5.75. The van der Waals surface area contributed by atoms with Crippen molar-refractivity contribution in [2.45, 2.75) is 10.6 Å². The summed E-state index contributed by atoms with van der Waals surface area (Å²) in [6, 6.07) is 9.41. The second-order valence-corrected chi connectivity index (χ2v) is 6.89. The van der Waals surface area contributed by atoms with E-state index in [1.54, 1.807) is 24.5 Å². The van der Waals surface area contributed by atoms with Gasteiger partial charge in [0.05, 0.1) is 4.90 Å². The van der Waals surface area contributed by atoms with E-state index in [1.807, 2.05) is 0 Å². The van der Waals surface area contributed by atoms with Crippen molar-refractivity contribution < 1.29 is 12.9 Å². The first-order chi connectivity index (χ1) is 10.5. The lowest BCUT2D eigenvalue weighted by molar-refractivity contribution is 0.389. The Bertz CT molecular complexity index is 877. The number of pyridine rings is 1. The van der Waals surface area contributed by atoms with Crippen molar-refractivity contribution in [3.8, 4) is 11.4 Å². The van der Waals surface area contributed by atoms with Gasteiger partial charge in [-0.2, -0.15) is 4.98 Å². The molecule has 0 saturated heterocycles. The number of rotatable bonds is 4. The van der Waals surface area contributed by atoms with E-state index in [9.17, 15) is 8.42 Å². The Morgan fingerprint density at radius 3 is 2.59 bits per heavy atom. The molecule has 0 radical (unpaired) electrons. The normalized spacial score (nSPS) is 11.5. The molecule has 2 aromatic heterocycles. The van der Waals surface area contributed by atoms with Gasteiger partial charge in [-0.3, -0.25) is 4.98 Å². The molecule has 3 rings (SSSR count). The van der Waals surface area contributed by atoms with Gasteiger partial charge >= 0.3 is 0 Å². The standard InChI is InChI=1S/C14H10ClN3O3S/c15-11-3-5-12(6-4-11)22(19,20)9-13-17-14(18-21-13)10-2-1-7-16-8-10/h1-8H,9H2. The van der Waals surface area contributed by atoms with Crippen molar-refractivity contribution in [1.82, 2.24) is 15.1 Å². The van der Waals surface area contributed by atoms with Crippen LogP contribution >= 0.6 is 11.6 Å². The molecule has 0 unspecified atom stereocenters. The van der Waals surface area contributed by atoms with Crippen LogP contribution in [0.2, 0.25) is 5.02 Å². The van der Waals surface area contributed by atoms with Crippen LogP contribution in [0, 0.1) is 0 Å². The lowest BCUT2D eigenvalue weighted by Crippen LogP contribution is -2.05. The van der Waals surface area contributed by atoms with Crippen molar-refractivity contribution in [1.29, 1.82) is 0 Å². The molecular formula is C14H10ClN3O3S. The largest absolute Gasteiger partial charge is 0.338 e. The van der Waals surface area contributed by atoms with Gasteiger partial charge in [-0.15, -0.1) is 0 Å². The fourth-order valence-electron chi connectivity index (χ4n) is 1.81. The van der Waals surface area contributed by atoms with Crippen molar-refractivity contribution in [3.05, 3.63) is 59.7 Å². The Morgan fingerprint density at radius 2 is 1.91 bits per heavy atom. The van der Waals surface area contributed by atoms with E-state index in [1.165, 1.54) is 24.3 Å². The van der Waals surface area contributed by atoms with Crippen LogP contribution in [0.5, 0.6) is 0 Å². The van der Waals surface area contributed by atoms with Crippen LogP contribution in [0.25, 0.3) is 11.4 Å². The molecule has 0 bridgehead atoms. The molecule has 22 heavy (non-hydrogen) atoms. The van der Waals surface area contributed by atoms with Gasteiger partial charge in [0.1, 0.15) is 5.75 Å². The van der Waals surface area contributed by atoms with Crippen molar-refractivity contribution in [2.24, 2.45) is 0 Å². The smallest absolute Gasteiger partial charge is 0.242 e. The van der Waals surface area contributed by atoms with Crippen molar-refractivity contribution in [2.75, 3.05) is 0 Å². The maximum Gasteiger partial charge on any atom is 0.242 e. The molecule has 3 aromatic rings. The van der Waals surface area contributed by atoms with E-state index in [4.69, 9.17) is 16.1 Å². The number of hydrogen-bond donors (Lipinski definition) is 0. The topological polar surface area (TPSA) is 86.0 Å². The van der Waals surface area contributed by atoms with Gasteiger partial charge in [0.15, 0.2) is 9.84 Å². The summed E-state index contributed by atoms with van der Waals surface area (Å²) in [5, 5.41) is 4.23. The van der Waals surface area contributed by atoms with Crippen LogP contribution in [-0.2, 0) is 15.6 Å². The molecule has 1 aromatic carbocycles. The summed E-state index contributed by atoms with van der Waals surface area (Å²) in [4.78, 5) is 8.18. The highest BCUT2D eigenvalue weighted by molar-refractivity contribution is 7.90. The third-order valence-electron chi connectivity index (χ3n) is 2.87. The molecule has 0 amide bonds. The van der Waals surface area contributed by atoms with Gasteiger partial charge in [-0.25, -0.2) is 8.42 Å². The van der Waals surface area contributed by atoms with Gasteiger partial charge in [0.2, 0.25) is 11.7 Å². The van der Waals surface area contributed by atoms with Gasteiger partial charge in [0, 0.05) is 23.0 Å². The molecule has 0 atom stereocenters. The van der Waals surface area contributed by atoms with E-state index in [-0.39, 0.29) is 16.5 Å². The number of nitrogens with zero attached hydrogens (tertiary/aromatic N) is 3. The molecule has 0 aliphatic carbocycles. The highest BCUT2D eigenvalue weighted by Gasteiger charge is 2.20. The molecule has 0 spiro atoms. The van der Waals surface area contributed by atoms with Crippen LogP contribution < -0.4 is 0 Å². The summed E-state index contributed by atoms with van der Waals surface area (Å²) in [6.07, 6.45) is 3.19. The first-order valence-corrected chi connectivity index (χ1v) is 8.29. The quantitative estimate of drug-likeness (QED) is 0.728. The molecule has 0 saturated carbocycles. The molecule has 8 heteroatoms. The van der Waals surface area contributed by atoms with Gasteiger partial charge in [-0.05, 0) is 36.4 Å². The third-order valence-corrected chi connectivity index (χ3v) is 4.74. The Kier molecular flexibility index (Phi) is 3.91. The predicted octanol–water partition coefficient (Wildman–Crippen LogP) is 2.76. The van der Waals surface area contributed by atoms with Gasteiger partial charge in [0.25, 0.3) is 0 Å². The second kappa shape index (κ2) is 5.86. The fraction of sp³-hybridized carbons (Fsp3) is 0.0714. The summed E-state index contributed by atoms with van der Waals surface area (Å²) in [5.41, 5.74) is 0.654. The highest BCUT2D eigenvalue weighted by Crippen LogP contribution is 2.20. The van der Waals surface area contributed by atoms with E-state index in [0.29, 0.717) is 16.4 Å². The molecule has 6 nitrogen and oxygen atoms in total. The van der Waals surface area contributed by atoms with Gasteiger partial charge < -0.3 is 4.52 Å². The summed E-state index contributed by atoms with van der Waals surface area (Å²) < 4.78 is 29.6. The molecule has 0 N–H and O–H groups in total. The second-order valence-electron chi connectivity index (χ2n) is 4.47. The Labute approximate surface area is 131 Å². The monoisotopic (exact) mass is 335 g/mol. The van der Waals surface area contributed by atoms with Crippen LogP contribution in [-0.4, -0.2) is 23.5 Å². The molecule has 112 valence electrons. The molecule has 0 aliphatic heterocycles. The van der Waals surface area contributed by atoms with E-state index in [2.05, 4.69) is 15.1 Å². The molecular weight excluding hydrogens is 326 g/mol. The fourth-order valence-corrected chi connectivity index (χ4v) is 3.10. The predicted molar refractivity (Wildman–Crippen MR) is 79.9 cm³/mol. The number of halogens is 1. The van der Waals surface area contributed by atoms with E-state index >= 15 is 0 Å². The minimum atomic E-state index is -3.57. The zero-order valence-electron chi connectivity index (χ0n) is 11.2. The average molecular weight is 336 g/mol. The van der Waals surface area contributed by atoms with Crippen molar-refractivity contribution >= 4 is 21.4 Å². The molecule has 0 aliphatic rings. The van der Waals surface area contributed by atoms with Crippen LogP contribution in [0.1, 0.15) is 5.89 Å². The first-order valence-electron chi connectivity index (χ1n) is 6.26. The lowest BCUT2D eigenvalue weighted by atomic mass is 10.3. The van der Waals surface area contributed by atoms with Crippen LogP contribution in [0.3, 0.4) is 0 Å². The average Bonchev–Trinajstić information content (AvgIpc) is 2.96. The van der Waals surface area contributed by atoms with Crippen molar-refractivity contribution in [3.63, 3.8) is 0 Å². The maximum atomic E-state index is 12.3. The number of benzene rings is 1. The maximum absolute atomic E-state index is 12.3. The Morgan fingerprint density at radius 1 is 1.14 bits per heavy atom. The molecule has 0 fully saturated rings. The molecule has 2 heterocycles. The Hall–Kier alpha value is -2.25. The SMILES string of the molecule is O=S(=O)(Cc1nc(-c2cccnc2)no1)c1ccc(Cl)cc1.